The third-order valence-electron chi connectivity index (χ3n) is 5.46. The second-order valence-corrected chi connectivity index (χ2v) is 13.9. The van der Waals surface area contributed by atoms with Gasteiger partial charge in [-0.25, -0.2) is 26.4 Å². The van der Waals surface area contributed by atoms with Crippen LogP contribution in [0.3, 0.4) is 0 Å². The number of rotatable bonds is 12. The zero-order chi connectivity index (χ0) is 30.3. The number of carbonyl (C=O) groups excluding carboxylic acids is 2. The Morgan fingerprint density at radius 2 is 1.62 bits per heavy atom. The third kappa shape index (κ3) is 11.0. The van der Waals surface area contributed by atoms with Crippen molar-refractivity contribution >= 4 is 49.2 Å². The summed E-state index contributed by atoms with van der Waals surface area (Å²) in [6.45, 7) is 10.0. The molecule has 2 rings (SSSR count). The van der Waals surface area contributed by atoms with E-state index in [1.807, 2.05) is 30.9 Å². The minimum absolute atomic E-state index is 0.0301. The molecule has 0 unspecified atom stereocenters. The lowest BCUT2D eigenvalue weighted by Crippen LogP contribution is -2.34. The van der Waals surface area contributed by atoms with E-state index in [1.54, 1.807) is 32.9 Å². The van der Waals surface area contributed by atoms with Gasteiger partial charge in [-0.3, -0.25) is 14.8 Å². The number of nitrogens with zero attached hydrogens (tertiary/aromatic N) is 1. The fourth-order valence-electron chi connectivity index (χ4n) is 3.40. The number of anilines is 3. The van der Waals surface area contributed by atoms with Gasteiger partial charge in [0.1, 0.15) is 6.61 Å². The average molecular weight is 599 g/mol. The molecule has 222 valence electrons. The largest absolute Gasteiger partial charge is 0.444 e. The first kappa shape index (κ1) is 32.8. The first-order valence-electron chi connectivity index (χ1n) is 12.4. The lowest BCUT2D eigenvalue weighted by Gasteiger charge is -2.24. The number of nitrogens with one attached hydrogen (secondary N) is 3. The minimum atomic E-state index is -3.68. The standard InChI is InChI=1S/C26H38N4O8S2/c1-8-30(14-13-27-39(6,33)34)20-10-11-21(18(2)15-20)28-25(32)37-17-19-9-12-23(38-24(31)26(3,4)5)22(16-19)29-40(7,35)36/h9-12,15-16,27,29H,8,13-14,17H2,1-7H3,(H,28,32). The highest BCUT2D eigenvalue weighted by Crippen LogP contribution is 2.30. The van der Waals surface area contributed by atoms with E-state index in [4.69, 9.17) is 9.47 Å². The summed E-state index contributed by atoms with van der Waals surface area (Å²) >= 11 is 0. The van der Waals surface area contributed by atoms with Gasteiger partial charge in [0, 0.05) is 31.0 Å². The van der Waals surface area contributed by atoms with Crippen LogP contribution in [0.1, 0.15) is 38.8 Å². The number of ether oxygens (including phenoxy) is 2. The Morgan fingerprint density at radius 3 is 2.17 bits per heavy atom. The predicted molar refractivity (Wildman–Crippen MR) is 156 cm³/mol. The Morgan fingerprint density at radius 1 is 0.950 bits per heavy atom. The molecule has 0 saturated heterocycles. The number of carbonyl (C=O) groups is 2. The molecule has 0 fully saturated rings. The highest BCUT2D eigenvalue weighted by atomic mass is 32.2. The van der Waals surface area contributed by atoms with Crippen LogP contribution in [0.25, 0.3) is 0 Å². The second-order valence-electron chi connectivity index (χ2n) is 10.3. The Kier molecular flexibility index (Phi) is 10.9. The first-order valence-corrected chi connectivity index (χ1v) is 16.2. The third-order valence-corrected chi connectivity index (χ3v) is 6.78. The van der Waals surface area contributed by atoms with Crippen LogP contribution in [-0.2, 0) is 36.2 Å². The van der Waals surface area contributed by atoms with E-state index in [2.05, 4.69) is 14.8 Å². The quantitative estimate of drug-likeness (QED) is 0.246. The molecule has 12 nitrogen and oxygen atoms in total. The van der Waals surface area contributed by atoms with E-state index >= 15 is 0 Å². The Bertz CT molecular complexity index is 1440. The number of likely N-dealkylation sites (N-methyl/N-ethyl adjacent to an activating group) is 1. The van der Waals surface area contributed by atoms with Gasteiger partial charge in [-0.1, -0.05) is 6.07 Å². The molecular formula is C26H38N4O8S2. The molecule has 0 atom stereocenters. The average Bonchev–Trinajstić information content (AvgIpc) is 2.81. The van der Waals surface area contributed by atoms with Gasteiger partial charge in [0.25, 0.3) is 0 Å². The summed E-state index contributed by atoms with van der Waals surface area (Å²) in [6, 6.07) is 9.84. The van der Waals surface area contributed by atoms with Crippen LogP contribution in [-0.4, -0.2) is 61.0 Å². The lowest BCUT2D eigenvalue weighted by molar-refractivity contribution is -0.142. The summed E-state index contributed by atoms with van der Waals surface area (Å²) in [6.07, 6.45) is 1.36. The van der Waals surface area contributed by atoms with Gasteiger partial charge in [-0.15, -0.1) is 0 Å². The van der Waals surface area contributed by atoms with Gasteiger partial charge in [-0.05, 0) is 76.1 Å². The molecule has 2 aromatic carbocycles. The normalized spacial score (nSPS) is 12.0. The van der Waals surface area contributed by atoms with E-state index < -0.39 is 37.5 Å². The van der Waals surface area contributed by atoms with Crippen molar-refractivity contribution in [2.24, 2.45) is 5.41 Å². The first-order chi connectivity index (χ1) is 18.4. The highest BCUT2D eigenvalue weighted by Gasteiger charge is 2.25. The molecule has 0 heterocycles. The Labute approximate surface area is 236 Å². The summed E-state index contributed by atoms with van der Waals surface area (Å²) in [5.41, 5.74) is 1.87. The second kappa shape index (κ2) is 13.3. The SMILES string of the molecule is CCN(CCNS(C)(=O)=O)c1ccc(NC(=O)OCc2ccc(OC(=O)C(C)(C)C)c(NS(C)(=O)=O)c2)c(C)c1. The minimum Gasteiger partial charge on any atom is -0.444 e. The summed E-state index contributed by atoms with van der Waals surface area (Å²) in [5, 5.41) is 2.68. The molecule has 0 aliphatic carbocycles. The summed E-state index contributed by atoms with van der Waals surface area (Å²) in [7, 11) is -6.96. The molecule has 0 bridgehead atoms. The van der Waals surface area contributed by atoms with Gasteiger partial charge in [-0.2, -0.15) is 0 Å². The van der Waals surface area contributed by atoms with Gasteiger partial charge in [0.05, 0.1) is 23.6 Å². The zero-order valence-corrected chi connectivity index (χ0v) is 25.5. The van der Waals surface area contributed by atoms with Crippen molar-refractivity contribution in [1.29, 1.82) is 0 Å². The van der Waals surface area contributed by atoms with E-state index in [1.165, 1.54) is 12.1 Å². The molecule has 0 radical (unpaired) electrons. The van der Waals surface area contributed by atoms with E-state index in [0.717, 1.165) is 23.8 Å². The van der Waals surface area contributed by atoms with Crippen LogP contribution in [0.5, 0.6) is 5.75 Å². The van der Waals surface area contributed by atoms with Crippen LogP contribution < -0.4 is 24.4 Å². The number of aryl methyl sites for hydroxylation is 1. The van der Waals surface area contributed by atoms with Gasteiger partial charge in [0.2, 0.25) is 20.0 Å². The number of esters is 1. The molecule has 3 N–H and O–H groups in total. The van der Waals surface area contributed by atoms with Crippen LogP contribution in [0.2, 0.25) is 0 Å². The van der Waals surface area contributed by atoms with E-state index in [-0.39, 0.29) is 24.6 Å². The van der Waals surface area contributed by atoms with Crippen molar-refractivity contribution in [3.63, 3.8) is 0 Å². The number of hydrogen-bond acceptors (Lipinski definition) is 9. The van der Waals surface area contributed by atoms with Crippen LogP contribution >= 0.6 is 0 Å². The van der Waals surface area contributed by atoms with Crippen molar-refractivity contribution in [3.05, 3.63) is 47.5 Å². The number of benzene rings is 2. The molecule has 0 spiro atoms. The zero-order valence-electron chi connectivity index (χ0n) is 23.8. The molecule has 40 heavy (non-hydrogen) atoms. The summed E-state index contributed by atoms with van der Waals surface area (Å²) in [5.74, 6) is -0.510. The molecule has 14 heteroatoms. The lowest BCUT2D eigenvalue weighted by atomic mass is 9.97. The van der Waals surface area contributed by atoms with Crippen molar-refractivity contribution in [1.82, 2.24) is 4.72 Å². The molecule has 0 aliphatic heterocycles. The summed E-state index contributed by atoms with van der Waals surface area (Å²) < 4.78 is 61.8. The smallest absolute Gasteiger partial charge is 0.411 e. The summed E-state index contributed by atoms with van der Waals surface area (Å²) in [4.78, 5) is 26.8. The maximum Gasteiger partial charge on any atom is 0.411 e. The van der Waals surface area contributed by atoms with E-state index in [0.29, 0.717) is 24.3 Å². The fraction of sp³-hybridized carbons (Fsp3) is 0.462. The monoisotopic (exact) mass is 598 g/mol. The molecule has 2 aromatic rings. The van der Waals surface area contributed by atoms with E-state index in [9.17, 15) is 26.4 Å². The predicted octanol–water partition coefficient (Wildman–Crippen LogP) is 3.44. The number of amides is 1. The fourth-order valence-corrected chi connectivity index (χ4v) is 4.42. The number of sulfonamides is 2. The topological polar surface area (TPSA) is 160 Å². The molecular weight excluding hydrogens is 560 g/mol. The van der Waals surface area contributed by atoms with Crippen molar-refractivity contribution in [2.75, 3.05) is 47.1 Å². The highest BCUT2D eigenvalue weighted by molar-refractivity contribution is 7.92. The van der Waals surface area contributed by atoms with Crippen LogP contribution in [0.15, 0.2) is 36.4 Å². The number of hydrogen-bond donors (Lipinski definition) is 3. The molecule has 0 saturated carbocycles. The van der Waals surface area contributed by atoms with Crippen LogP contribution in [0.4, 0.5) is 21.9 Å². The van der Waals surface area contributed by atoms with Crippen molar-refractivity contribution in [3.8, 4) is 5.75 Å². The Balaban J connectivity index is 2.07. The van der Waals surface area contributed by atoms with Gasteiger partial charge >= 0.3 is 12.1 Å². The Hall–Kier alpha value is -3.36. The van der Waals surface area contributed by atoms with Crippen molar-refractivity contribution in [2.45, 2.75) is 41.2 Å². The van der Waals surface area contributed by atoms with Crippen molar-refractivity contribution < 1.29 is 35.9 Å². The molecule has 0 aliphatic rings. The molecule has 1 amide bonds. The van der Waals surface area contributed by atoms with Crippen LogP contribution in [0, 0.1) is 12.3 Å². The maximum atomic E-state index is 12.5. The maximum absolute atomic E-state index is 12.5. The van der Waals surface area contributed by atoms with Gasteiger partial charge in [0.15, 0.2) is 5.75 Å². The van der Waals surface area contributed by atoms with Gasteiger partial charge < -0.3 is 14.4 Å². The molecule has 0 aromatic heterocycles.